The van der Waals surface area contributed by atoms with Crippen LogP contribution < -0.4 is 16.0 Å². The molecule has 6 heteroatoms. The van der Waals surface area contributed by atoms with Crippen molar-refractivity contribution in [3.8, 4) is 0 Å². The average Bonchev–Trinajstić information content (AvgIpc) is 3.27. The molecule has 2 amide bonds. The highest BCUT2D eigenvalue weighted by Gasteiger charge is 2.28. The lowest BCUT2D eigenvalue weighted by Gasteiger charge is -2.07. The first-order valence-electron chi connectivity index (χ1n) is 6.40. The molecule has 0 spiro atoms. The number of aromatic nitrogens is 1. The van der Waals surface area contributed by atoms with Gasteiger partial charge in [-0.15, -0.1) is 0 Å². The van der Waals surface area contributed by atoms with Crippen molar-refractivity contribution >= 4 is 17.5 Å². The number of carbonyl (C=O) groups is 2. The summed E-state index contributed by atoms with van der Waals surface area (Å²) >= 11 is 0. The van der Waals surface area contributed by atoms with Gasteiger partial charge in [-0.1, -0.05) is 0 Å². The smallest absolute Gasteiger partial charge is 0.270 e. The molecule has 1 aromatic heterocycles. The van der Waals surface area contributed by atoms with Gasteiger partial charge in [-0.05, 0) is 25.0 Å². The third-order valence-corrected chi connectivity index (χ3v) is 2.94. The van der Waals surface area contributed by atoms with Crippen LogP contribution in [0.5, 0.6) is 0 Å². The van der Waals surface area contributed by atoms with E-state index >= 15 is 0 Å². The minimum atomic E-state index is -0.238. The monoisotopic (exact) mass is 262 g/mol. The summed E-state index contributed by atoms with van der Waals surface area (Å²) in [6.07, 6.45) is 3.55. The molecule has 0 aliphatic heterocycles. The molecule has 0 bridgehead atoms. The van der Waals surface area contributed by atoms with E-state index in [4.69, 9.17) is 0 Å². The second-order valence-electron chi connectivity index (χ2n) is 4.50. The maximum atomic E-state index is 11.8. The van der Waals surface area contributed by atoms with Crippen LogP contribution in [0.1, 0.15) is 23.3 Å². The van der Waals surface area contributed by atoms with Crippen LogP contribution in [0.3, 0.4) is 0 Å². The van der Waals surface area contributed by atoms with Crippen molar-refractivity contribution in [2.45, 2.75) is 12.8 Å². The van der Waals surface area contributed by atoms with E-state index in [1.54, 1.807) is 25.4 Å². The van der Waals surface area contributed by atoms with Crippen LogP contribution in [-0.4, -0.2) is 36.9 Å². The highest BCUT2D eigenvalue weighted by molar-refractivity contribution is 5.93. The number of nitrogens with one attached hydrogen (secondary N) is 3. The summed E-state index contributed by atoms with van der Waals surface area (Å²) < 4.78 is 0. The fourth-order valence-corrected chi connectivity index (χ4v) is 1.65. The number of hydrogen-bond donors (Lipinski definition) is 3. The zero-order chi connectivity index (χ0) is 13.7. The normalized spacial score (nSPS) is 13.7. The summed E-state index contributed by atoms with van der Waals surface area (Å²) in [4.78, 5) is 27.1. The summed E-state index contributed by atoms with van der Waals surface area (Å²) in [6.45, 7) is 0.857. The Morgan fingerprint density at radius 2 is 2.05 bits per heavy atom. The van der Waals surface area contributed by atoms with E-state index in [0.717, 1.165) is 18.5 Å². The van der Waals surface area contributed by atoms with Crippen molar-refractivity contribution in [3.63, 3.8) is 0 Å². The molecular formula is C13H18N4O2. The Bertz CT molecular complexity index is 471. The number of rotatable bonds is 6. The lowest BCUT2D eigenvalue weighted by atomic mass is 10.3. The Balaban J connectivity index is 1.72. The van der Waals surface area contributed by atoms with Gasteiger partial charge < -0.3 is 16.0 Å². The van der Waals surface area contributed by atoms with E-state index < -0.39 is 0 Å². The Morgan fingerprint density at radius 1 is 1.32 bits per heavy atom. The van der Waals surface area contributed by atoms with Gasteiger partial charge in [0, 0.05) is 37.9 Å². The van der Waals surface area contributed by atoms with Crippen molar-refractivity contribution in [2.75, 3.05) is 25.5 Å². The second kappa shape index (κ2) is 6.17. The summed E-state index contributed by atoms with van der Waals surface area (Å²) in [6, 6.07) is 3.46. The van der Waals surface area contributed by atoms with E-state index in [9.17, 15) is 9.59 Å². The summed E-state index contributed by atoms with van der Waals surface area (Å²) in [5, 5.41) is 8.46. The van der Waals surface area contributed by atoms with E-state index in [2.05, 4.69) is 20.9 Å². The van der Waals surface area contributed by atoms with Crippen molar-refractivity contribution in [1.29, 1.82) is 0 Å². The minimum absolute atomic E-state index is 0.0876. The third kappa shape index (κ3) is 3.94. The number of nitrogens with zero attached hydrogens (tertiary/aromatic N) is 1. The van der Waals surface area contributed by atoms with Gasteiger partial charge in [-0.25, -0.2) is 0 Å². The first kappa shape index (κ1) is 13.3. The molecule has 19 heavy (non-hydrogen) atoms. The van der Waals surface area contributed by atoms with Crippen LogP contribution in [0.25, 0.3) is 0 Å². The number of hydrogen-bond acceptors (Lipinski definition) is 4. The summed E-state index contributed by atoms with van der Waals surface area (Å²) in [5.74, 6) is 0.0482. The van der Waals surface area contributed by atoms with Gasteiger partial charge in [-0.2, -0.15) is 0 Å². The molecule has 1 aliphatic rings. The second-order valence-corrected chi connectivity index (χ2v) is 4.50. The lowest BCUT2D eigenvalue weighted by molar-refractivity contribution is -0.122. The van der Waals surface area contributed by atoms with Crippen LogP contribution >= 0.6 is 0 Å². The predicted molar refractivity (Wildman–Crippen MR) is 71.9 cm³/mol. The molecule has 0 atom stereocenters. The van der Waals surface area contributed by atoms with Crippen LogP contribution in [0.4, 0.5) is 5.69 Å². The van der Waals surface area contributed by atoms with Gasteiger partial charge in [0.05, 0.1) is 0 Å². The van der Waals surface area contributed by atoms with Crippen molar-refractivity contribution in [2.24, 2.45) is 5.92 Å². The summed E-state index contributed by atoms with van der Waals surface area (Å²) in [7, 11) is 1.78. The van der Waals surface area contributed by atoms with Crippen molar-refractivity contribution < 1.29 is 9.59 Å². The highest BCUT2D eigenvalue weighted by atomic mass is 16.2. The number of pyridine rings is 1. The van der Waals surface area contributed by atoms with Gasteiger partial charge in [0.1, 0.15) is 5.69 Å². The van der Waals surface area contributed by atoms with E-state index in [-0.39, 0.29) is 17.7 Å². The Morgan fingerprint density at radius 3 is 2.74 bits per heavy atom. The topological polar surface area (TPSA) is 83.1 Å². The van der Waals surface area contributed by atoms with Crippen molar-refractivity contribution in [1.82, 2.24) is 15.6 Å². The number of carbonyl (C=O) groups excluding carboxylic acids is 2. The highest BCUT2D eigenvalue weighted by Crippen LogP contribution is 2.28. The van der Waals surface area contributed by atoms with Crippen LogP contribution in [0.2, 0.25) is 0 Å². The summed E-state index contributed by atoms with van der Waals surface area (Å²) in [5.41, 5.74) is 1.20. The molecule has 1 heterocycles. The predicted octanol–water partition coefficient (Wildman–Crippen LogP) is 0.379. The Hall–Kier alpha value is -2.11. The fraction of sp³-hybridized carbons (Fsp3) is 0.462. The molecule has 102 valence electrons. The molecular weight excluding hydrogens is 244 g/mol. The van der Waals surface area contributed by atoms with Crippen LogP contribution in [-0.2, 0) is 4.79 Å². The van der Waals surface area contributed by atoms with Gasteiger partial charge in [0.2, 0.25) is 5.91 Å². The molecule has 0 unspecified atom stereocenters. The van der Waals surface area contributed by atoms with E-state index in [0.29, 0.717) is 18.8 Å². The lowest BCUT2D eigenvalue weighted by Crippen LogP contribution is -2.35. The molecule has 1 aliphatic carbocycles. The molecule has 1 fully saturated rings. The van der Waals surface area contributed by atoms with Crippen LogP contribution in [0.15, 0.2) is 18.3 Å². The first-order valence-corrected chi connectivity index (χ1v) is 6.40. The molecule has 3 N–H and O–H groups in total. The maximum Gasteiger partial charge on any atom is 0.270 e. The fourth-order valence-electron chi connectivity index (χ4n) is 1.65. The molecule has 2 rings (SSSR count). The van der Waals surface area contributed by atoms with E-state index in [1.807, 2.05) is 0 Å². The molecule has 1 saturated carbocycles. The number of amides is 2. The van der Waals surface area contributed by atoms with Crippen LogP contribution in [0, 0.1) is 5.92 Å². The van der Waals surface area contributed by atoms with Crippen molar-refractivity contribution in [3.05, 3.63) is 24.0 Å². The average molecular weight is 262 g/mol. The minimum Gasteiger partial charge on any atom is -0.388 e. The standard InChI is InChI=1S/C13H18N4O2/c1-14-10-4-5-15-11(8-10)13(19)17-7-6-16-12(18)9-2-3-9/h4-5,8-9H,2-3,6-7H2,1H3,(H,14,15)(H,16,18)(H,17,19). The zero-order valence-corrected chi connectivity index (χ0v) is 10.9. The first-order chi connectivity index (χ1) is 9.20. The van der Waals surface area contributed by atoms with Gasteiger partial charge >= 0.3 is 0 Å². The van der Waals surface area contributed by atoms with E-state index in [1.165, 1.54) is 0 Å². The molecule has 6 nitrogen and oxygen atoms in total. The number of anilines is 1. The largest absolute Gasteiger partial charge is 0.388 e. The van der Waals surface area contributed by atoms with Gasteiger partial charge in [0.15, 0.2) is 0 Å². The quantitative estimate of drug-likeness (QED) is 0.647. The maximum absolute atomic E-state index is 11.8. The Kier molecular flexibility index (Phi) is 4.33. The SMILES string of the molecule is CNc1ccnc(C(=O)NCCNC(=O)C2CC2)c1. The molecule has 0 aromatic carbocycles. The molecule has 1 aromatic rings. The van der Waals surface area contributed by atoms with Gasteiger partial charge in [0.25, 0.3) is 5.91 Å². The zero-order valence-electron chi connectivity index (χ0n) is 10.9. The molecule has 0 saturated heterocycles. The molecule has 0 radical (unpaired) electrons. The van der Waals surface area contributed by atoms with Gasteiger partial charge in [-0.3, -0.25) is 14.6 Å². The Labute approximate surface area is 112 Å². The third-order valence-electron chi connectivity index (χ3n) is 2.94.